The summed E-state index contributed by atoms with van der Waals surface area (Å²) in [6, 6.07) is 0. The number of halogens is 1. The van der Waals surface area contributed by atoms with Crippen LogP contribution in [0.5, 0.6) is 0 Å². The lowest BCUT2D eigenvalue weighted by Crippen LogP contribution is -1.96. The highest BCUT2D eigenvalue weighted by Gasteiger charge is 1.96. The van der Waals surface area contributed by atoms with Gasteiger partial charge in [-0.2, -0.15) is 0 Å². The number of rotatable bonds is 1. The van der Waals surface area contributed by atoms with E-state index < -0.39 is 0 Å². The van der Waals surface area contributed by atoms with E-state index in [0.717, 1.165) is 9.52 Å². The van der Waals surface area contributed by atoms with Gasteiger partial charge in [0.05, 0.1) is 12.4 Å². The van der Waals surface area contributed by atoms with Gasteiger partial charge in [-0.3, -0.25) is 9.55 Å². The monoisotopic (exact) mass is 272 g/mol. The van der Waals surface area contributed by atoms with Crippen LogP contribution in [-0.2, 0) is 0 Å². The maximum atomic E-state index is 4.26. The molecule has 12 heavy (non-hydrogen) atoms. The van der Waals surface area contributed by atoms with E-state index in [1.807, 2.05) is 10.8 Å². The minimum Gasteiger partial charge on any atom is -0.289 e. The van der Waals surface area contributed by atoms with Crippen LogP contribution in [0.25, 0.3) is 5.82 Å². The molecule has 0 spiro atoms. The summed E-state index contributed by atoms with van der Waals surface area (Å²) in [6.45, 7) is 0. The lowest BCUT2D eigenvalue weighted by Gasteiger charge is -1.98. The Balaban J connectivity index is 2.48. The number of hydrogen-bond acceptors (Lipinski definition) is 3. The summed E-state index contributed by atoms with van der Waals surface area (Å²) in [6.07, 6.45) is 8.65. The lowest BCUT2D eigenvalue weighted by atomic mass is 10.6. The molecule has 0 aliphatic heterocycles. The van der Waals surface area contributed by atoms with E-state index in [1.165, 1.54) is 0 Å². The minimum absolute atomic E-state index is 0.791. The van der Waals surface area contributed by atoms with Gasteiger partial charge in [0.1, 0.15) is 10.0 Å². The molecule has 4 nitrogen and oxygen atoms in total. The summed E-state index contributed by atoms with van der Waals surface area (Å²) in [5.41, 5.74) is 0. The molecule has 5 heteroatoms. The van der Waals surface area contributed by atoms with Gasteiger partial charge < -0.3 is 0 Å². The molecule has 2 heterocycles. The molecule has 2 aromatic rings. The Morgan fingerprint density at radius 3 is 2.83 bits per heavy atom. The van der Waals surface area contributed by atoms with Crippen molar-refractivity contribution in [3.63, 3.8) is 0 Å². The largest absolute Gasteiger partial charge is 0.289 e. The Labute approximate surface area is 82.8 Å². The first-order valence-corrected chi connectivity index (χ1v) is 4.40. The van der Waals surface area contributed by atoms with E-state index in [0.29, 0.717) is 0 Å². The second kappa shape index (κ2) is 3.18. The van der Waals surface area contributed by atoms with E-state index in [9.17, 15) is 0 Å². The zero-order valence-corrected chi connectivity index (χ0v) is 8.21. The predicted octanol–water partition coefficient (Wildman–Crippen LogP) is 1.27. The fourth-order valence-corrected chi connectivity index (χ4v) is 1.26. The highest BCUT2D eigenvalue weighted by molar-refractivity contribution is 14.1. The summed E-state index contributed by atoms with van der Waals surface area (Å²) in [5, 5.41) is 0. The van der Waals surface area contributed by atoms with Crippen LogP contribution in [0, 0.1) is 3.70 Å². The second-order valence-electron chi connectivity index (χ2n) is 2.17. The van der Waals surface area contributed by atoms with Crippen molar-refractivity contribution < 1.29 is 0 Å². The maximum absolute atomic E-state index is 4.26. The van der Waals surface area contributed by atoms with Crippen molar-refractivity contribution in [2.75, 3.05) is 0 Å². The fourth-order valence-electron chi connectivity index (χ4n) is 0.852. The number of imidazole rings is 1. The summed E-state index contributed by atoms with van der Waals surface area (Å²) in [5.74, 6) is 0.791. The topological polar surface area (TPSA) is 43.6 Å². The van der Waals surface area contributed by atoms with Crippen molar-refractivity contribution in [3.8, 4) is 5.82 Å². The van der Waals surface area contributed by atoms with Crippen LogP contribution in [0.4, 0.5) is 0 Å². The van der Waals surface area contributed by atoms with Crippen molar-refractivity contribution >= 4 is 22.6 Å². The van der Waals surface area contributed by atoms with Crippen LogP contribution in [0.2, 0.25) is 0 Å². The van der Waals surface area contributed by atoms with E-state index in [2.05, 4.69) is 37.5 Å². The molecule has 0 aliphatic rings. The van der Waals surface area contributed by atoms with Crippen LogP contribution in [0.1, 0.15) is 0 Å². The molecule has 0 aromatic carbocycles. The minimum atomic E-state index is 0.791. The predicted molar refractivity (Wildman–Crippen MR) is 51.9 cm³/mol. The Morgan fingerprint density at radius 2 is 2.17 bits per heavy atom. The third kappa shape index (κ3) is 1.45. The van der Waals surface area contributed by atoms with Crippen molar-refractivity contribution in [2.45, 2.75) is 0 Å². The van der Waals surface area contributed by atoms with Gasteiger partial charge in [-0.1, -0.05) is 0 Å². The van der Waals surface area contributed by atoms with Crippen LogP contribution >= 0.6 is 22.6 Å². The zero-order valence-electron chi connectivity index (χ0n) is 6.05. The zero-order chi connectivity index (χ0) is 8.39. The van der Waals surface area contributed by atoms with Crippen LogP contribution in [0.3, 0.4) is 0 Å². The summed E-state index contributed by atoms with van der Waals surface area (Å²) >= 11 is 2.12. The van der Waals surface area contributed by atoms with Crippen molar-refractivity contribution in [1.29, 1.82) is 0 Å². The van der Waals surface area contributed by atoms with Gasteiger partial charge in [-0.15, -0.1) is 0 Å². The van der Waals surface area contributed by atoms with E-state index >= 15 is 0 Å². The summed E-state index contributed by atoms with van der Waals surface area (Å²) in [4.78, 5) is 12.2. The number of aromatic nitrogens is 4. The molecule has 0 bridgehead atoms. The molecule has 0 amide bonds. The van der Waals surface area contributed by atoms with E-state index in [-0.39, 0.29) is 0 Å². The molecule has 2 rings (SSSR count). The molecule has 0 aliphatic carbocycles. The Morgan fingerprint density at radius 1 is 1.25 bits per heavy atom. The van der Waals surface area contributed by atoms with Gasteiger partial charge in [0, 0.05) is 12.4 Å². The molecule has 0 saturated heterocycles. The fraction of sp³-hybridized carbons (Fsp3) is 0. The molecule has 0 radical (unpaired) electrons. The Kier molecular flexibility index (Phi) is 2.03. The van der Waals surface area contributed by atoms with Crippen molar-refractivity contribution in [1.82, 2.24) is 19.5 Å². The van der Waals surface area contributed by atoms with Crippen LogP contribution in [0.15, 0.2) is 31.1 Å². The molecular formula is C7H5IN4. The third-order valence-corrected chi connectivity index (χ3v) is 1.88. The van der Waals surface area contributed by atoms with Gasteiger partial charge in [0.25, 0.3) is 0 Å². The molecule has 2 aromatic heterocycles. The van der Waals surface area contributed by atoms with Gasteiger partial charge in [-0.25, -0.2) is 9.97 Å². The summed E-state index contributed by atoms with van der Waals surface area (Å²) in [7, 11) is 0. The Bertz CT molecular complexity index is 371. The molecule has 0 N–H and O–H groups in total. The number of hydrogen-bond donors (Lipinski definition) is 0. The molecule has 60 valence electrons. The molecule has 0 atom stereocenters. The highest BCUT2D eigenvalue weighted by atomic mass is 127. The van der Waals surface area contributed by atoms with Gasteiger partial charge >= 0.3 is 0 Å². The SMILES string of the molecule is Ic1cncc(-n2ccnc2)n1. The molecule has 0 unspecified atom stereocenters. The van der Waals surface area contributed by atoms with Crippen molar-refractivity contribution in [3.05, 3.63) is 34.8 Å². The van der Waals surface area contributed by atoms with Crippen LogP contribution < -0.4 is 0 Å². The molecular weight excluding hydrogens is 267 g/mol. The summed E-state index contributed by atoms with van der Waals surface area (Å²) < 4.78 is 2.69. The van der Waals surface area contributed by atoms with Crippen molar-refractivity contribution in [2.24, 2.45) is 0 Å². The molecule has 0 fully saturated rings. The Hall–Kier alpha value is -0.980. The average molecular weight is 272 g/mol. The first kappa shape index (κ1) is 7.66. The first-order chi connectivity index (χ1) is 5.86. The highest BCUT2D eigenvalue weighted by Crippen LogP contribution is 2.03. The quantitative estimate of drug-likeness (QED) is 0.734. The van der Waals surface area contributed by atoms with Gasteiger partial charge in [0.2, 0.25) is 0 Å². The third-order valence-electron chi connectivity index (χ3n) is 1.36. The molecule has 0 saturated carbocycles. The first-order valence-electron chi connectivity index (χ1n) is 3.32. The smallest absolute Gasteiger partial charge is 0.157 e. The van der Waals surface area contributed by atoms with Gasteiger partial charge in [0.15, 0.2) is 5.82 Å². The van der Waals surface area contributed by atoms with E-state index in [4.69, 9.17) is 0 Å². The standard InChI is InChI=1S/C7H5IN4/c8-6-3-10-4-7(11-6)12-2-1-9-5-12/h1-5H. The normalized spacial score (nSPS) is 10.1. The van der Waals surface area contributed by atoms with Crippen LogP contribution in [-0.4, -0.2) is 19.5 Å². The second-order valence-corrected chi connectivity index (χ2v) is 3.28. The number of nitrogens with zero attached hydrogens (tertiary/aromatic N) is 4. The lowest BCUT2D eigenvalue weighted by molar-refractivity contribution is 0.959. The average Bonchev–Trinajstić information content (AvgIpc) is 2.56. The maximum Gasteiger partial charge on any atom is 0.157 e. The van der Waals surface area contributed by atoms with Gasteiger partial charge in [-0.05, 0) is 22.6 Å². The van der Waals surface area contributed by atoms with E-state index in [1.54, 1.807) is 24.9 Å².